The number of hydrogen-bond donors (Lipinski definition) is 0. The predicted octanol–water partition coefficient (Wildman–Crippen LogP) is 4.97. The summed E-state index contributed by atoms with van der Waals surface area (Å²) < 4.78 is 5.39. The van der Waals surface area contributed by atoms with Crippen molar-refractivity contribution in [2.24, 2.45) is 0 Å². The Labute approximate surface area is 136 Å². The minimum absolute atomic E-state index is 0. The van der Waals surface area contributed by atoms with Crippen LogP contribution in [-0.2, 0) is 31.7 Å². The first-order valence-electron chi connectivity index (χ1n) is 5.64. The molecule has 0 spiro atoms. The van der Waals surface area contributed by atoms with Crippen molar-refractivity contribution in [3.63, 3.8) is 0 Å². The van der Waals surface area contributed by atoms with E-state index < -0.39 is 0 Å². The molecule has 0 saturated heterocycles. The summed E-state index contributed by atoms with van der Waals surface area (Å²) in [4.78, 5) is 0. The topological polar surface area (TPSA) is 9.23 Å². The van der Waals surface area contributed by atoms with Crippen LogP contribution in [0.15, 0.2) is 18.2 Å². The van der Waals surface area contributed by atoms with E-state index in [2.05, 4.69) is 59.7 Å². The van der Waals surface area contributed by atoms with E-state index in [0.29, 0.717) is 0 Å². The van der Waals surface area contributed by atoms with Crippen molar-refractivity contribution >= 4 is 24.8 Å². The Hall–Kier alpha value is 0.314. The first-order valence-corrected chi connectivity index (χ1v) is 6.28. The molecule has 1 rings (SSSR count). The van der Waals surface area contributed by atoms with Gasteiger partial charge in [-0.15, -0.1) is 24.8 Å². The quantitative estimate of drug-likeness (QED) is 0.663. The van der Waals surface area contributed by atoms with E-state index in [9.17, 15) is 0 Å². The standard InChI is InChI=1S/C14H22O.2ClH.Ti/c1-13(2,3)10-7-11(14(4,5)6)9-12(15)8-10;;;/h7-9,15H,1-6H3;2*1H;/q;;;+1/p-1. The van der Waals surface area contributed by atoms with Crippen molar-refractivity contribution in [2.45, 2.75) is 52.4 Å². The summed E-state index contributed by atoms with van der Waals surface area (Å²) in [6, 6.07) is 6.56. The van der Waals surface area contributed by atoms with Gasteiger partial charge in [-0.3, -0.25) is 0 Å². The fraction of sp³-hybridized carbons (Fsp3) is 0.571. The average Bonchev–Trinajstić information content (AvgIpc) is 2.14. The van der Waals surface area contributed by atoms with Crippen LogP contribution >= 0.6 is 24.8 Å². The van der Waals surface area contributed by atoms with Crippen LogP contribution in [0.1, 0.15) is 52.7 Å². The molecule has 0 bridgehead atoms. The molecule has 1 aromatic rings. The van der Waals surface area contributed by atoms with E-state index in [4.69, 9.17) is 3.32 Å². The molecular weight excluding hydrogens is 303 g/mol. The van der Waals surface area contributed by atoms with Crippen LogP contribution in [0.25, 0.3) is 0 Å². The first-order chi connectivity index (χ1) is 7.14. The van der Waals surface area contributed by atoms with E-state index in [0.717, 1.165) is 5.75 Å². The maximum atomic E-state index is 5.39. The molecule has 0 aliphatic carbocycles. The van der Waals surface area contributed by atoms with Crippen molar-refractivity contribution in [1.29, 1.82) is 0 Å². The van der Waals surface area contributed by atoms with Gasteiger partial charge in [-0.2, -0.15) is 0 Å². The molecule has 4 heteroatoms. The molecule has 0 saturated carbocycles. The second kappa shape index (κ2) is 7.19. The van der Waals surface area contributed by atoms with Crippen molar-refractivity contribution < 1.29 is 24.1 Å². The number of rotatable bonds is 1. The van der Waals surface area contributed by atoms with Crippen LogP contribution in [0.4, 0.5) is 0 Å². The SMILES string of the molecule is CC(C)(C)c1cc([O][Ti])cc(C(C)(C)C)c1.Cl.Cl. The van der Waals surface area contributed by atoms with E-state index >= 15 is 0 Å². The molecule has 0 heterocycles. The van der Waals surface area contributed by atoms with Gasteiger partial charge in [0.05, 0.1) is 0 Å². The van der Waals surface area contributed by atoms with Gasteiger partial charge in [0.15, 0.2) is 0 Å². The van der Waals surface area contributed by atoms with Gasteiger partial charge in [-0.1, -0.05) is 0 Å². The third kappa shape index (κ3) is 5.53. The fourth-order valence-electron chi connectivity index (χ4n) is 1.52. The normalized spacial score (nSPS) is 11.2. The molecule has 1 nitrogen and oxygen atoms in total. The van der Waals surface area contributed by atoms with Gasteiger partial charge < -0.3 is 0 Å². The Morgan fingerprint density at radius 2 is 1.11 bits per heavy atom. The van der Waals surface area contributed by atoms with E-state index in [1.165, 1.54) is 11.1 Å². The molecule has 0 radical (unpaired) electrons. The summed E-state index contributed by atoms with van der Waals surface area (Å²) in [6.07, 6.45) is 0. The Kier molecular flexibility index (Phi) is 8.24. The molecule has 0 aromatic heterocycles. The summed E-state index contributed by atoms with van der Waals surface area (Å²) in [6.45, 7) is 13.4. The molecule has 1 aromatic carbocycles. The Morgan fingerprint density at radius 3 is 1.33 bits per heavy atom. The second-order valence-corrected chi connectivity index (χ2v) is 6.67. The summed E-state index contributed by atoms with van der Waals surface area (Å²) in [5.74, 6) is 0.956. The van der Waals surface area contributed by atoms with Crippen molar-refractivity contribution in [3.05, 3.63) is 29.3 Å². The summed E-state index contributed by atoms with van der Waals surface area (Å²) in [5.41, 5.74) is 2.98. The zero-order chi connectivity index (χ0) is 12.6. The summed E-state index contributed by atoms with van der Waals surface area (Å²) in [5, 5.41) is 0. The van der Waals surface area contributed by atoms with Gasteiger partial charge in [-0.05, 0) is 0 Å². The third-order valence-electron chi connectivity index (χ3n) is 2.76. The number of halogens is 2. The second-order valence-electron chi connectivity index (χ2n) is 6.35. The molecule has 103 valence electrons. The maximum absolute atomic E-state index is 5.39. The Morgan fingerprint density at radius 1 is 0.778 bits per heavy atom. The molecule has 0 aliphatic heterocycles. The van der Waals surface area contributed by atoms with Crippen LogP contribution in [0.5, 0.6) is 5.75 Å². The van der Waals surface area contributed by atoms with Crippen LogP contribution in [0, 0.1) is 0 Å². The van der Waals surface area contributed by atoms with E-state index in [-0.39, 0.29) is 35.6 Å². The van der Waals surface area contributed by atoms with E-state index in [1.807, 2.05) is 0 Å². The van der Waals surface area contributed by atoms with Gasteiger partial charge in [0.1, 0.15) is 0 Å². The zero-order valence-electron chi connectivity index (χ0n) is 12.0. The third-order valence-corrected chi connectivity index (χ3v) is 3.12. The zero-order valence-corrected chi connectivity index (χ0v) is 15.2. The van der Waals surface area contributed by atoms with Crippen molar-refractivity contribution in [3.8, 4) is 5.75 Å². The monoisotopic (exact) mass is 325 g/mol. The molecule has 18 heavy (non-hydrogen) atoms. The van der Waals surface area contributed by atoms with Gasteiger partial charge in [0.25, 0.3) is 0 Å². The maximum Gasteiger partial charge on any atom is -0.147 e. The largest absolute Gasteiger partial charge is 0.147 e. The van der Waals surface area contributed by atoms with Gasteiger partial charge >= 0.3 is 112 Å². The fourth-order valence-corrected chi connectivity index (χ4v) is 1.71. The van der Waals surface area contributed by atoms with Crippen molar-refractivity contribution in [2.75, 3.05) is 0 Å². The van der Waals surface area contributed by atoms with Gasteiger partial charge in [0.2, 0.25) is 0 Å². The number of benzene rings is 1. The predicted molar refractivity (Wildman–Crippen MR) is 79.0 cm³/mol. The van der Waals surface area contributed by atoms with Crippen LogP contribution in [-0.4, -0.2) is 0 Å². The summed E-state index contributed by atoms with van der Waals surface area (Å²) >= 11 is 1.73. The van der Waals surface area contributed by atoms with Crippen LogP contribution < -0.4 is 3.32 Å². The molecule has 0 unspecified atom stereocenters. The first kappa shape index (κ1) is 20.6. The Bertz CT molecular complexity index is 346. The average molecular weight is 326 g/mol. The smallest absolute Gasteiger partial charge is 0.147 e. The Balaban J connectivity index is 0. The molecule has 0 fully saturated rings. The van der Waals surface area contributed by atoms with Gasteiger partial charge in [-0.25, -0.2) is 0 Å². The van der Waals surface area contributed by atoms with Gasteiger partial charge in [0, 0.05) is 0 Å². The van der Waals surface area contributed by atoms with E-state index in [1.54, 1.807) is 20.8 Å². The molecule has 0 N–H and O–H groups in total. The van der Waals surface area contributed by atoms with Crippen molar-refractivity contribution in [1.82, 2.24) is 0 Å². The molecule has 0 amide bonds. The molecular formula is C14H23Cl2OTi. The minimum Gasteiger partial charge on any atom is -0.147 e. The van der Waals surface area contributed by atoms with Crippen LogP contribution in [0.3, 0.4) is 0 Å². The molecule has 0 aliphatic rings. The molecule has 0 atom stereocenters. The van der Waals surface area contributed by atoms with Crippen LogP contribution in [0.2, 0.25) is 0 Å². The summed E-state index contributed by atoms with van der Waals surface area (Å²) in [7, 11) is 0. The number of hydrogen-bond acceptors (Lipinski definition) is 1. The minimum atomic E-state index is 0.